The molecule has 20 heavy (non-hydrogen) atoms. The van der Waals surface area contributed by atoms with Crippen LogP contribution in [0.25, 0.3) is 10.9 Å². The number of aromatic nitrogens is 1. The molecular formula is C18H26N2. The van der Waals surface area contributed by atoms with Gasteiger partial charge in [0, 0.05) is 28.6 Å². The molecule has 108 valence electrons. The minimum atomic E-state index is -0.0146. The molecular weight excluding hydrogens is 244 g/mol. The lowest BCUT2D eigenvalue weighted by molar-refractivity contribution is 0.518. The Labute approximate surface area is 123 Å². The molecule has 0 spiro atoms. The summed E-state index contributed by atoms with van der Waals surface area (Å²) in [5.41, 5.74) is 3.17. The summed E-state index contributed by atoms with van der Waals surface area (Å²) in [6.45, 7) is 13.7. The van der Waals surface area contributed by atoms with Gasteiger partial charge in [-0.25, -0.2) is 0 Å². The highest BCUT2D eigenvalue weighted by Gasteiger charge is 2.26. The van der Waals surface area contributed by atoms with Crippen LogP contribution in [0.4, 0.5) is 0 Å². The smallest absolute Gasteiger partial charge is 0.102 e. The van der Waals surface area contributed by atoms with Gasteiger partial charge >= 0.3 is 0 Å². The van der Waals surface area contributed by atoms with Crippen LogP contribution in [0.15, 0.2) is 24.3 Å². The van der Waals surface area contributed by atoms with Crippen molar-refractivity contribution in [2.45, 2.75) is 59.9 Å². The van der Waals surface area contributed by atoms with Crippen LogP contribution in [0.3, 0.4) is 0 Å². The molecule has 0 radical (unpaired) electrons. The molecule has 0 saturated carbocycles. The van der Waals surface area contributed by atoms with E-state index in [0.717, 1.165) is 29.6 Å². The van der Waals surface area contributed by atoms with Gasteiger partial charge in [-0.2, -0.15) is 5.26 Å². The van der Waals surface area contributed by atoms with Gasteiger partial charge in [0.25, 0.3) is 0 Å². The van der Waals surface area contributed by atoms with E-state index in [0.29, 0.717) is 0 Å². The van der Waals surface area contributed by atoms with Crippen LogP contribution < -0.4 is 0 Å². The van der Waals surface area contributed by atoms with E-state index in [1.165, 1.54) is 5.52 Å². The summed E-state index contributed by atoms with van der Waals surface area (Å²) in [5, 5.41) is 10.6. The van der Waals surface area contributed by atoms with Gasteiger partial charge in [0.2, 0.25) is 0 Å². The molecule has 1 aromatic heterocycles. The first kappa shape index (κ1) is 16.3. The lowest BCUT2D eigenvalue weighted by atomic mass is 9.89. The highest BCUT2D eigenvalue weighted by atomic mass is 15.0. The number of aryl methyl sites for hydroxylation is 1. The summed E-state index contributed by atoms with van der Waals surface area (Å²) < 4.78 is 2.31. The Morgan fingerprint density at radius 2 is 1.75 bits per heavy atom. The maximum absolute atomic E-state index is 9.50. The minimum Gasteiger partial charge on any atom is -0.343 e. The van der Waals surface area contributed by atoms with Crippen molar-refractivity contribution in [2.75, 3.05) is 0 Å². The second kappa shape index (κ2) is 6.61. The van der Waals surface area contributed by atoms with E-state index in [4.69, 9.17) is 0 Å². The average Bonchev–Trinajstić information content (AvgIpc) is 2.76. The number of para-hydroxylation sites is 1. The fraction of sp³-hybridized carbons (Fsp3) is 0.500. The fourth-order valence-electron chi connectivity index (χ4n) is 2.65. The largest absolute Gasteiger partial charge is 0.343 e. The lowest BCUT2D eigenvalue weighted by Gasteiger charge is -2.22. The van der Waals surface area contributed by atoms with Gasteiger partial charge in [-0.05, 0) is 12.5 Å². The molecule has 0 amide bonds. The molecule has 0 bridgehead atoms. The Hall–Kier alpha value is -1.75. The summed E-state index contributed by atoms with van der Waals surface area (Å²) in [6.07, 6.45) is 1.08. The number of rotatable bonds is 2. The van der Waals surface area contributed by atoms with Gasteiger partial charge in [-0.15, -0.1) is 0 Å². The summed E-state index contributed by atoms with van der Waals surface area (Å²) >= 11 is 0. The normalized spacial score (nSPS) is 10.8. The molecule has 0 atom stereocenters. The molecule has 0 aliphatic carbocycles. The van der Waals surface area contributed by atoms with Gasteiger partial charge in [0.05, 0.1) is 5.56 Å². The first-order valence-corrected chi connectivity index (χ1v) is 7.52. The summed E-state index contributed by atoms with van der Waals surface area (Å²) in [4.78, 5) is 0. The zero-order valence-corrected chi connectivity index (χ0v) is 13.6. The van der Waals surface area contributed by atoms with Crippen molar-refractivity contribution in [1.29, 1.82) is 5.26 Å². The summed E-state index contributed by atoms with van der Waals surface area (Å²) in [5.74, 6) is 0. The maximum Gasteiger partial charge on any atom is 0.102 e. The van der Waals surface area contributed by atoms with Gasteiger partial charge < -0.3 is 4.57 Å². The van der Waals surface area contributed by atoms with Crippen molar-refractivity contribution in [2.24, 2.45) is 0 Å². The van der Waals surface area contributed by atoms with Crippen LogP contribution >= 0.6 is 0 Å². The number of fused-ring (bicyclic) bond motifs is 1. The van der Waals surface area contributed by atoms with Crippen LogP contribution in [-0.2, 0) is 12.0 Å². The van der Waals surface area contributed by atoms with Crippen molar-refractivity contribution in [3.8, 4) is 6.07 Å². The van der Waals surface area contributed by atoms with E-state index in [1.54, 1.807) is 0 Å². The molecule has 0 aliphatic rings. The van der Waals surface area contributed by atoms with Crippen LogP contribution in [0.2, 0.25) is 0 Å². The lowest BCUT2D eigenvalue weighted by Crippen LogP contribution is -2.19. The first-order chi connectivity index (χ1) is 9.50. The van der Waals surface area contributed by atoms with Crippen molar-refractivity contribution in [3.05, 3.63) is 35.5 Å². The Bertz CT molecular complexity index is 607. The molecule has 0 unspecified atom stereocenters. The predicted octanol–water partition coefficient (Wildman–Crippen LogP) is 5.25. The van der Waals surface area contributed by atoms with Crippen LogP contribution in [0, 0.1) is 11.3 Å². The number of nitrogens with zero attached hydrogens (tertiary/aromatic N) is 2. The Kier molecular flexibility index (Phi) is 5.39. The zero-order chi connectivity index (χ0) is 15.3. The Morgan fingerprint density at radius 3 is 2.25 bits per heavy atom. The van der Waals surface area contributed by atoms with E-state index >= 15 is 0 Å². The van der Waals surface area contributed by atoms with Crippen molar-refractivity contribution in [3.63, 3.8) is 0 Å². The third kappa shape index (κ3) is 2.88. The fourth-order valence-corrected chi connectivity index (χ4v) is 2.65. The van der Waals surface area contributed by atoms with Gasteiger partial charge in [-0.1, -0.05) is 59.7 Å². The van der Waals surface area contributed by atoms with Crippen molar-refractivity contribution in [1.82, 2.24) is 4.57 Å². The van der Waals surface area contributed by atoms with E-state index in [9.17, 15) is 5.26 Å². The van der Waals surface area contributed by atoms with E-state index in [1.807, 2.05) is 26.0 Å². The molecule has 0 fully saturated rings. The molecule has 0 saturated heterocycles. The van der Waals surface area contributed by atoms with E-state index in [-0.39, 0.29) is 5.41 Å². The topological polar surface area (TPSA) is 28.7 Å². The third-order valence-corrected chi connectivity index (χ3v) is 3.24. The highest BCUT2D eigenvalue weighted by molar-refractivity contribution is 5.88. The molecule has 1 heterocycles. The molecule has 2 heteroatoms. The molecule has 2 nitrogen and oxygen atoms in total. The minimum absolute atomic E-state index is 0.0146. The summed E-state index contributed by atoms with van der Waals surface area (Å²) in [7, 11) is 0. The second-order valence-electron chi connectivity index (χ2n) is 5.75. The van der Waals surface area contributed by atoms with Crippen molar-refractivity contribution >= 4 is 10.9 Å². The van der Waals surface area contributed by atoms with Gasteiger partial charge in [-0.3, -0.25) is 0 Å². The molecule has 2 aromatic rings. The van der Waals surface area contributed by atoms with Gasteiger partial charge in [0.1, 0.15) is 6.07 Å². The Morgan fingerprint density at radius 1 is 1.15 bits per heavy atom. The quantitative estimate of drug-likeness (QED) is 0.733. The average molecular weight is 270 g/mol. The van der Waals surface area contributed by atoms with Crippen LogP contribution in [0.1, 0.15) is 59.2 Å². The standard InChI is InChI=1S/C16H20N2.C2H6/c1-5-10-18-14-9-7-6-8-12(14)13(11-17)15(18)16(2,3)4;1-2/h6-9H,5,10H2,1-4H3;1-2H3. The van der Waals surface area contributed by atoms with Gasteiger partial charge in [0.15, 0.2) is 0 Å². The highest BCUT2D eigenvalue weighted by Crippen LogP contribution is 2.34. The predicted molar refractivity (Wildman–Crippen MR) is 87.0 cm³/mol. The second-order valence-corrected chi connectivity index (χ2v) is 5.75. The molecule has 2 rings (SSSR count). The Balaban J connectivity index is 0.000000956. The SMILES string of the molecule is CC.CCCn1c(C(C)(C)C)c(C#N)c2ccccc21. The summed E-state index contributed by atoms with van der Waals surface area (Å²) in [6, 6.07) is 10.6. The third-order valence-electron chi connectivity index (χ3n) is 3.24. The monoisotopic (exact) mass is 270 g/mol. The van der Waals surface area contributed by atoms with E-state index in [2.05, 4.69) is 50.5 Å². The number of hydrogen-bond acceptors (Lipinski definition) is 1. The maximum atomic E-state index is 9.50. The molecule has 0 N–H and O–H groups in total. The van der Waals surface area contributed by atoms with Crippen LogP contribution in [-0.4, -0.2) is 4.57 Å². The van der Waals surface area contributed by atoms with E-state index < -0.39 is 0 Å². The number of hydrogen-bond donors (Lipinski definition) is 0. The van der Waals surface area contributed by atoms with Crippen molar-refractivity contribution < 1.29 is 0 Å². The molecule has 0 aliphatic heterocycles. The number of nitriles is 1. The number of benzene rings is 1. The first-order valence-electron chi connectivity index (χ1n) is 7.52. The molecule has 1 aromatic carbocycles. The zero-order valence-electron chi connectivity index (χ0n) is 13.6. The van der Waals surface area contributed by atoms with Crippen LogP contribution in [0.5, 0.6) is 0 Å².